The highest BCUT2D eigenvalue weighted by atomic mass is 32.2. The first-order valence-electron chi connectivity index (χ1n) is 5.69. The average Bonchev–Trinajstić information content (AvgIpc) is 2.78. The van der Waals surface area contributed by atoms with Crippen LogP contribution in [0.2, 0.25) is 0 Å². The van der Waals surface area contributed by atoms with Crippen molar-refractivity contribution >= 4 is 15.7 Å². The van der Waals surface area contributed by atoms with Gasteiger partial charge in [0.1, 0.15) is 4.90 Å². The second kappa shape index (κ2) is 5.37. The van der Waals surface area contributed by atoms with Gasteiger partial charge in [-0.3, -0.25) is 14.4 Å². The molecular weight excluding hydrogens is 266 g/mol. The van der Waals surface area contributed by atoms with Crippen LogP contribution in [-0.2, 0) is 16.6 Å². The second-order valence-corrected chi connectivity index (χ2v) is 5.70. The molecule has 0 aliphatic heterocycles. The van der Waals surface area contributed by atoms with Gasteiger partial charge in [0.25, 0.3) is 10.0 Å². The van der Waals surface area contributed by atoms with Crippen LogP contribution in [0.15, 0.2) is 35.6 Å². The minimum absolute atomic E-state index is 0.107. The molecule has 0 unspecified atom stereocenters. The molecule has 8 heteroatoms. The fourth-order valence-corrected chi connectivity index (χ4v) is 2.56. The van der Waals surface area contributed by atoms with E-state index in [9.17, 15) is 8.42 Å². The molecule has 0 saturated carbocycles. The number of hydrogen-bond donors (Lipinski definition) is 2. The zero-order valence-corrected chi connectivity index (χ0v) is 11.3. The smallest absolute Gasteiger partial charge is 0.265 e. The molecule has 0 atom stereocenters. The third-order valence-corrected chi connectivity index (χ3v) is 3.76. The van der Waals surface area contributed by atoms with E-state index in [2.05, 4.69) is 14.8 Å². The predicted molar refractivity (Wildman–Crippen MR) is 71.1 cm³/mol. The Hall–Kier alpha value is -1.93. The zero-order chi connectivity index (χ0) is 13.9. The Kier molecular flexibility index (Phi) is 3.82. The Labute approximate surface area is 111 Å². The van der Waals surface area contributed by atoms with Crippen LogP contribution in [0.1, 0.15) is 5.69 Å². The van der Waals surface area contributed by atoms with Gasteiger partial charge in [0.15, 0.2) is 0 Å². The number of nitrogens with one attached hydrogen (secondary N) is 1. The SMILES string of the molecule is Cc1cc(NS(=O)(=O)c2cnn(CCN)c2)ccn1. The van der Waals surface area contributed by atoms with E-state index >= 15 is 0 Å². The second-order valence-electron chi connectivity index (χ2n) is 4.02. The Morgan fingerprint density at radius 2 is 2.26 bits per heavy atom. The molecule has 0 fully saturated rings. The molecule has 0 aliphatic carbocycles. The highest BCUT2D eigenvalue weighted by Gasteiger charge is 2.16. The minimum Gasteiger partial charge on any atom is -0.329 e. The van der Waals surface area contributed by atoms with Gasteiger partial charge in [-0.05, 0) is 19.1 Å². The van der Waals surface area contributed by atoms with Crippen molar-refractivity contribution in [1.82, 2.24) is 14.8 Å². The number of rotatable bonds is 5. The van der Waals surface area contributed by atoms with E-state index in [-0.39, 0.29) is 4.90 Å². The molecule has 102 valence electrons. The summed E-state index contributed by atoms with van der Waals surface area (Å²) in [5.74, 6) is 0. The fourth-order valence-electron chi connectivity index (χ4n) is 1.56. The summed E-state index contributed by atoms with van der Waals surface area (Å²) in [5.41, 5.74) is 6.59. The van der Waals surface area contributed by atoms with Crippen molar-refractivity contribution < 1.29 is 8.42 Å². The van der Waals surface area contributed by atoms with Crippen LogP contribution in [-0.4, -0.2) is 29.7 Å². The molecule has 2 aromatic heterocycles. The molecule has 2 heterocycles. The third kappa shape index (κ3) is 3.30. The maximum atomic E-state index is 12.1. The Morgan fingerprint density at radius 1 is 1.47 bits per heavy atom. The number of aryl methyl sites for hydroxylation is 1. The molecule has 3 N–H and O–H groups in total. The molecule has 7 nitrogen and oxygen atoms in total. The molecule has 0 aliphatic rings. The average molecular weight is 281 g/mol. The molecule has 0 amide bonds. The number of nitrogens with zero attached hydrogens (tertiary/aromatic N) is 3. The van der Waals surface area contributed by atoms with E-state index in [1.54, 1.807) is 25.3 Å². The van der Waals surface area contributed by atoms with Crippen LogP contribution in [0.4, 0.5) is 5.69 Å². The summed E-state index contributed by atoms with van der Waals surface area (Å²) in [6.07, 6.45) is 4.29. The number of aromatic nitrogens is 3. The maximum absolute atomic E-state index is 12.1. The largest absolute Gasteiger partial charge is 0.329 e. The fraction of sp³-hybridized carbons (Fsp3) is 0.273. The van der Waals surface area contributed by atoms with Gasteiger partial charge in [0.2, 0.25) is 0 Å². The van der Waals surface area contributed by atoms with E-state index in [1.807, 2.05) is 0 Å². The number of pyridine rings is 1. The lowest BCUT2D eigenvalue weighted by Crippen LogP contribution is -2.13. The monoisotopic (exact) mass is 281 g/mol. The van der Waals surface area contributed by atoms with E-state index in [0.717, 1.165) is 5.69 Å². The number of anilines is 1. The minimum atomic E-state index is -3.63. The summed E-state index contributed by atoms with van der Waals surface area (Å²) in [6, 6.07) is 3.25. The van der Waals surface area contributed by atoms with Gasteiger partial charge in [-0.2, -0.15) is 5.10 Å². The summed E-state index contributed by atoms with van der Waals surface area (Å²) in [6.45, 7) is 2.67. The first-order chi connectivity index (χ1) is 9.01. The lowest BCUT2D eigenvalue weighted by Gasteiger charge is -2.06. The highest BCUT2D eigenvalue weighted by molar-refractivity contribution is 7.92. The van der Waals surface area contributed by atoms with Crippen molar-refractivity contribution in [2.75, 3.05) is 11.3 Å². The summed E-state index contributed by atoms with van der Waals surface area (Å²) >= 11 is 0. The third-order valence-electron chi connectivity index (χ3n) is 2.43. The molecule has 2 rings (SSSR count). The van der Waals surface area contributed by atoms with E-state index in [4.69, 9.17) is 5.73 Å². The van der Waals surface area contributed by atoms with Crippen LogP contribution in [0, 0.1) is 6.92 Å². The van der Waals surface area contributed by atoms with Crippen LogP contribution in [0.5, 0.6) is 0 Å². The van der Waals surface area contributed by atoms with Crippen molar-refractivity contribution in [2.24, 2.45) is 5.73 Å². The zero-order valence-electron chi connectivity index (χ0n) is 10.4. The molecule has 2 aromatic rings. The standard InChI is InChI=1S/C11H15N5O2S/c1-9-6-10(2-4-13-9)15-19(17,18)11-7-14-16(8-11)5-3-12/h2,4,6-8H,3,5,12H2,1H3,(H,13,15). The number of nitrogens with two attached hydrogens (primary N) is 1. The van der Waals surface area contributed by atoms with Crippen molar-refractivity contribution in [3.05, 3.63) is 36.4 Å². The van der Waals surface area contributed by atoms with Crippen molar-refractivity contribution in [3.8, 4) is 0 Å². The van der Waals surface area contributed by atoms with E-state index < -0.39 is 10.0 Å². The maximum Gasteiger partial charge on any atom is 0.265 e. The van der Waals surface area contributed by atoms with Crippen LogP contribution in [0.25, 0.3) is 0 Å². The Morgan fingerprint density at radius 3 is 2.95 bits per heavy atom. The predicted octanol–water partition coefficient (Wildman–Crippen LogP) is 0.346. The van der Waals surface area contributed by atoms with Crippen molar-refractivity contribution in [2.45, 2.75) is 18.4 Å². The number of sulfonamides is 1. The highest BCUT2D eigenvalue weighted by Crippen LogP contribution is 2.15. The molecular formula is C11H15N5O2S. The molecule has 0 saturated heterocycles. The Bertz CT molecular complexity index is 665. The lowest BCUT2D eigenvalue weighted by atomic mass is 10.3. The number of hydrogen-bond acceptors (Lipinski definition) is 5. The first kappa shape index (κ1) is 13.5. The van der Waals surface area contributed by atoms with Gasteiger partial charge >= 0.3 is 0 Å². The van der Waals surface area contributed by atoms with E-state index in [0.29, 0.717) is 18.8 Å². The summed E-state index contributed by atoms with van der Waals surface area (Å²) in [7, 11) is -3.63. The van der Waals surface area contributed by atoms with Gasteiger partial charge in [0, 0.05) is 24.6 Å². The Balaban J connectivity index is 2.22. The molecule has 0 radical (unpaired) electrons. The quantitative estimate of drug-likeness (QED) is 0.823. The van der Waals surface area contributed by atoms with Gasteiger partial charge in [-0.15, -0.1) is 0 Å². The van der Waals surface area contributed by atoms with Crippen LogP contribution >= 0.6 is 0 Å². The first-order valence-corrected chi connectivity index (χ1v) is 7.17. The van der Waals surface area contributed by atoms with Gasteiger partial charge < -0.3 is 5.73 Å². The summed E-state index contributed by atoms with van der Waals surface area (Å²) < 4.78 is 28.2. The van der Waals surface area contributed by atoms with Crippen molar-refractivity contribution in [1.29, 1.82) is 0 Å². The molecule has 0 aromatic carbocycles. The van der Waals surface area contributed by atoms with E-state index in [1.165, 1.54) is 17.1 Å². The van der Waals surface area contributed by atoms with Crippen molar-refractivity contribution in [3.63, 3.8) is 0 Å². The summed E-state index contributed by atoms with van der Waals surface area (Å²) in [5, 5.41) is 3.94. The van der Waals surface area contributed by atoms with Gasteiger partial charge in [-0.1, -0.05) is 0 Å². The van der Waals surface area contributed by atoms with Gasteiger partial charge in [-0.25, -0.2) is 8.42 Å². The molecule has 0 spiro atoms. The topological polar surface area (TPSA) is 103 Å². The summed E-state index contributed by atoms with van der Waals surface area (Å²) in [4.78, 5) is 4.11. The van der Waals surface area contributed by atoms with Crippen LogP contribution in [0.3, 0.4) is 0 Å². The van der Waals surface area contributed by atoms with Gasteiger partial charge in [0.05, 0.1) is 18.4 Å². The molecule has 0 bridgehead atoms. The lowest BCUT2D eigenvalue weighted by molar-refractivity contribution is 0.599. The van der Waals surface area contributed by atoms with Crippen LogP contribution < -0.4 is 10.5 Å². The molecule has 19 heavy (non-hydrogen) atoms. The normalized spacial score (nSPS) is 11.5.